The number of rotatable bonds is 3. The van der Waals surface area contributed by atoms with Crippen LogP contribution in [-0.4, -0.2) is 4.98 Å². The van der Waals surface area contributed by atoms with Crippen LogP contribution in [0.5, 0.6) is 0 Å². The number of alkyl halides is 3. The molecule has 2 aromatic rings. The standard InChI is InChI=1S/C14H13F3N2S/c1-9(18)10-2-5-12(6-3-10)20-13-7-4-11(8-19-13)14(15,16)17/h2-9H,18H2,1H3/t9-/m1/s1. The third-order valence-corrected chi connectivity index (χ3v) is 3.65. The number of hydrogen-bond donors (Lipinski definition) is 1. The van der Waals surface area contributed by atoms with Crippen molar-refractivity contribution in [2.24, 2.45) is 5.73 Å². The average molecular weight is 298 g/mol. The van der Waals surface area contributed by atoms with E-state index in [1.165, 1.54) is 17.8 Å². The molecule has 0 fully saturated rings. The van der Waals surface area contributed by atoms with Gasteiger partial charge in [-0.1, -0.05) is 23.9 Å². The molecule has 1 heterocycles. The zero-order chi connectivity index (χ0) is 14.8. The van der Waals surface area contributed by atoms with Gasteiger partial charge < -0.3 is 5.73 Å². The van der Waals surface area contributed by atoms with Crippen molar-refractivity contribution in [3.63, 3.8) is 0 Å². The Morgan fingerprint density at radius 1 is 1.10 bits per heavy atom. The average Bonchev–Trinajstić information content (AvgIpc) is 2.39. The Labute approximate surface area is 119 Å². The van der Waals surface area contributed by atoms with Crippen molar-refractivity contribution in [2.75, 3.05) is 0 Å². The molecular formula is C14H13F3N2S. The van der Waals surface area contributed by atoms with Crippen molar-refractivity contribution in [3.8, 4) is 0 Å². The second kappa shape index (κ2) is 5.85. The fraction of sp³-hybridized carbons (Fsp3) is 0.214. The van der Waals surface area contributed by atoms with Crippen molar-refractivity contribution in [3.05, 3.63) is 53.7 Å². The van der Waals surface area contributed by atoms with Gasteiger partial charge in [0.25, 0.3) is 0 Å². The third kappa shape index (κ3) is 3.74. The summed E-state index contributed by atoms with van der Waals surface area (Å²) in [5.74, 6) is 0. The highest BCUT2D eigenvalue weighted by Crippen LogP contribution is 2.31. The Morgan fingerprint density at radius 3 is 2.20 bits per heavy atom. The van der Waals surface area contributed by atoms with Crippen LogP contribution in [0.15, 0.2) is 52.5 Å². The lowest BCUT2D eigenvalue weighted by molar-refractivity contribution is -0.137. The molecule has 1 aromatic carbocycles. The maximum absolute atomic E-state index is 12.4. The molecule has 0 saturated heterocycles. The summed E-state index contributed by atoms with van der Waals surface area (Å²) in [5.41, 5.74) is 6.02. The van der Waals surface area contributed by atoms with Crippen molar-refractivity contribution in [1.82, 2.24) is 4.98 Å². The van der Waals surface area contributed by atoms with Gasteiger partial charge in [-0.05, 0) is 36.8 Å². The smallest absolute Gasteiger partial charge is 0.324 e. The second-order valence-electron chi connectivity index (χ2n) is 4.34. The summed E-state index contributed by atoms with van der Waals surface area (Å²) in [6.45, 7) is 1.89. The van der Waals surface area contributed by atoms with E-state index < -0.39 is 11.7 Å². The zero-order valence-corrected chi connectivity index (χ0v) is 11.5. The molecule has 2 N–H and O–H groups in total. The molecule has 0 radical (unpaired) electrons. The molecule has 0 aliphatic rings. The van der Waals surface area contributed by atoms with E-state index in [1.54, 1.807) is 0 Å². The molecule has 0 bridgehead atoms. The molecule has 2 nitrogen and oxygen atoms in total. The molecule has 0 aliphatic heterocycles. The quantitative estimate of drug-likeness (QED) is 0.919. The Hall–Kier alpha value is -1.53. The molecule has 6 heteroatoms. The minimum absolute atomic E-state index is 0.0433. The molecule has 0 amide bonds. The van der Waals surface area contributed by atoms with Gasteiger partial charge in [-0.2, -0.15) is 13.2 Å². The summed E-state index contributed by atoms with van der Waals surface area (Å²) in [6.07, 6.45) is -3.51. The van der Waals surface area contributed by atoms with Crippen LogP contribution in [0.2, 0.25) is 0 Å². The SMILES string of the molecule is C[C@@H](N)c1ccc(Sc2ccc(C(F)(F)F)cn2)cc1. The largest absolute Gasteiger partial charge is 0.417 e. The van der Waals surface area contributed by atoms with Crippen molar-refractivity contribution in [2.45, 2.75) is 29.1 Å². The van der Waals surface area contributed by atoms with Gasteiger partial charge in [0.1, 0.15) is 5.03 Å². The van der Waals surface area contributed by atoms with Crippen molar-refractivity contribution in [1.29, 1.82) is 0 Å². The first-order valence-corrected chi connectivity index (χ1v) is 6.74. The van der Waals surface area contributed by atoms with Crippen LogP contribution in [0.1, 0.15) is 24.1 Å². The van der Waals surface area contributed by atoms with Crippen LogP contribution in [0.3, 0.4) is 0 Å². The Morgan fingerprint density at radius 2 is 1.75 bits per heavy atom. The van der Waals surface area contributed by atoms with Crippen molar-refractivity contribution >= 4 is 11.8 Å². The van der Waals surface area contributed by atoms with Gasteiger partial charge in [-0.3, -0.25) is 0 Å². The highest BCUT2D eigenvalue weighted by atomic mass is 32.2. The lowest BCUT2D eigenvalue weighted by Crippen LogP contribution is -2.05. The number of pyridine rings is 1. The minimum atomic E-state index is -4.35. The summed E-state index contributed by atoms with van der Waals surface area (Å²) in [4.78, 5) is 4.72. The van der Waals surface area contributed by atoms with Crippen LogP contribution in [0.4, 0.5) is 13.2 Å². The minimum Gasteiger partial charge on any atom is -0.324 e. The van der Waals surface area contributed by atoms with E-state index in [4.69, 9.17) is 5.73 Å². The van der Waals surface area contributed by atoms with E-state index in [1.807, 2.05) is 31.2 Å². The van der Waals surface area contributed by atoms with Gasteiger partial charge in [0.2, 0.25) is 0 Å². The Bertz CT molecular complexity index is 562. The van der Waals surface area contributed by atoms with E-state index in [0.717, 1.165) is 22.7 Å². The first kappa shape index (κ1) is 14.9. The Balaban J connectivity index is 2.10. The summed E-state index contributed by atoms with van der Waals surface area (Å²) in [7, 11) is 0. The van der Waals surface area contributed by atoms with Gasteiger partial charge in [-0.15, -0.1) is 0 Å². The van der Waals surface area contributed by atoms with Crippen LogP contribution >= 0.6 is 11.8 Å². The molecule has 0 aliphatic carbocycles. The first-order chi connectivity index (χ1) is 9.36. The fourth-order valence-corrected chi connectivity index (χ4v) is 2.32. The molecular weight excluding hydrogens is 285 g/mol. The maximum atomic E-state index is 12.4. The molecule has 20 heavy (non-hydrogen) atoms. The van der Waals surface area contributed by atoms with Gasteiger partial charge >= 0.3 is 6.18 Å². The molecule has 0 spiro atoms. The van der Waals surface area contributed by atoms with Crippen LogP contribution in [0, 0.1) is 0 Å². The number of nitrogens with two attached hydrogens (primary N) is 1. The lowest BCUT2D eigenvalue weighted by atomic mass is 10.1. The van der Waals surface area contributed by atoms with E-state index in [-0.39, 0.29) is 6.04 Å². The Kier molecular flexibility index (Phi) is 4.35. The second-order valence-corrected chi connectivity index (χ2v) is 5.44. The number of aromatic nitrogens is 1. The summed E-state index contributed by atoms with van der Waals surface area (Å²) in [6, 6.07) is 9.91. The number of benzene rings is 1. The molecule has 1 atom stereocenters. The highest BCUT2D eigenvalue weighted by molar-refractivity contribution is 7.99. The van der Waals surface area contributed by atoms with E-state index in [9.17, 15) is 13.2 Å². The van der Waals surface area contributed by atoms with Gasteiger partial charge in [-0.25, -0.2) is 4.98 Å². The summed E-state index contributed by atoms with van der Waals surface area (Å²) < 4.78 is 37.2. The number of hydrogen-bond acceptors (Lipinski definition) is 3. The first-order valence-electron chi connectivity index (χ1n) is 5.93. The fourth-order valence-electron chi connectivity index (χ4n) is 1.57. The normalized spacial score (nSPS) is 13.2. The van der Waals surface area contributed by atoms with Crippen LogP contribution in [0.25, 0.3) is 0 Å². The molecule has 106 valence electrons. The maximum Gasteiger partial charge on any atom is 0.417 e. The van der Waals surface area contributed by atoms with E-state index in [2.05, 4.69) is 4.98 Å². The zero-order valence-electron chi connectivity index (χ0n) is 10.7. The number of halogens is 3. The predicted octanol–water partition coefficient (Wildman–Crippen LogP) is 4.27. The molecule has 1 aromatic heterocycles. The molecule has 0 saturated carbocycles. The van der Waals surface area contributed by atoms with E-state index >= 15 is 0 Å². The highest BCUT2D eigenvalue weighted by Gasteiger charge is 2.30. The van der Waals surface area contributed by atoms with Gasteiger partial charge in [0.15, 0.2) is 0 Å². The predicted molar refractivity (Wildman–Crippen MR) is 72.4 cm³/mol. The van der Waals surface area contributed by atoms with E-state index in [0.29, 0.717) is 5.03 Å². The summed E-state index contributed by atoms with van der Waals surface area (Å²) >= 11 is 1.31. The van der Waals surface area contributed by atoms with Gasteiger partial charge in [0, 0.05) is 17.1 Å². The third-order valence-electron chi connectivity index (χ3n) is 2.69. The monoisotopic (exact) mass is 298 g/mol. The molecule has 0 unspecified atom stereocenters. The summed E-state index contributed by atoms with van der Waals surface area (Å²) in [5, 5.41) is 0.520. The topological polar surface area (TPSA) is 38.9 Å². The molecule has 2 rings (SSSR count). The van der Waals surface area contributed by atoms with Gasteiger partial charge in [0.05, 0.1) is 5.56 Å². The van der Waals surface area contributed by atoms with Crippen LogP contribution < -0.4 is 5.73 Å². The van der Waals surface area contributed by atoms with Crippen LogP contribution in [-0.2, 0) is 6.18 Å². The number of nitrogens with zero attached hydrogens (tertiary/aromatic N) is 1. The lowest BCUT2D eigenvalue weighted by Gasteiger charge is -2.08. The van der Waals surface area contributed by atoms with Crippen molar-refractivity contribution < 1.29 is 13.2 Å².